The SMILES string of the molecule is O=C(CCC1CCCC1)c1cc(F)c(Cl)c(F)c1. The Morgan fingerprint density at radius 3 is 2.33 bits per heavy atom. The molecule has 0 aliphatic heterocycles. The first-order valence-corrected chi connectivity index (χ1v) is 6.63. The predicted molar refractivity (Wildman–Crippen MR) is 66.9 cm³/mol. The molecule has 1 fully saturated rings. The summed E-state index contributed by atoms with van der Waals surface area (Å²) in [5.41, 5.74) is 0.0763. The summed E-state index contributed by atoms with van der Waals surface area (Å²) in [6.07, 6.45) is 5.94. The lowest BCUT2D eigenvalue weighted by molar-refractivity contribution is 0.0973. The zero-order valence-corrected chi connectivity index (χ0v) is 10.8. The molecule has 1 aliphatic rings. The highest BCUT2D eigenvalue weighted by Gasteiger charge is 2.18. The van der Waals surface area contributed by atoms with Crippen LogP contribution in [0.5, 0.6) is 0 Å². The van der Waals surface area contributed by atoms with Gasteiger partial charge >= 0.3 is 0 Å². The van der Waals surface area contributed by atoms with E-state index in [4.69, 9.17) is 11.6 Å². The van der Waals surface area contributed by atoms with Crippen molar-refractivity contribution in [3.8, 4) is 0 Å². The molecule has 1 saturated carbocycles. The number of ketones is 1. The van der Waals surface area contributed by atoms with Crippen molar-refractivity contribution in [3.05, 3.63) is 34.4 Å². The summed E-state index contributed by atoms with van der Waals surface area (Å²) in [4.78, 5) is 11.8. The number of hydrogen-bond donors (Lipinski definition) is 0. The second-order valence-corrected chi connectivity index (χ2v) is 5.24. The minimum atomic E-state index is -0.874. The molecule has 1 nitrogen and oxygen atoms in total. The van der Waals surface area contributed by atoms with E-state index in [1.165, 1.54) is 12.8 Å². The van der Waals surface area contributed by atoms with E-state index >= 15 is 0 Å². The third kappa shape index (κ3) is 3.08. The average Bonchev–Trinajstić information content (AvgIpc) is 2.85. The molecule has 0 radical (unpaired) electrons. The van der Waals surface area contributed by atoms with Crippen LogP contribution in [0.4, 0.5) is 8.78 Å². The van der Waals surface area contributed by atoms with Gasteiger partial charge in [-0.1, -0.05) is 37.3 Å². The lowest BCUT2D eigenvalue weighted by atomic mass is 9.97. The lowest BCUT2D eigenvalue weighted by Gasteiger charge is -2.08. The Morgan fingerprint density at radius 1 is 1.22 bits per heavy atom. The molecule has 0 amide bonds. The maximum atomic E-state index is 13.2. The van der Waals surface area contributed by atoms with E-state index < -0.39 is 16.7 Å². The maximum absolute atomic E-state index is 13.2. The van der Waals surface area contributed by atoms with Crippen LogP contribution >= 0.6 is 11.6 Å². The quantitative estimate of drug-likeness (QED) is 0.570. The number of carbonyl (C=O) groups is 1. The van der Waals surface area contributed by atoms with Gasteiger partial charge in [0.05, 0.1) is 0 Å². The van der Waals surface area contributed by atoms with Crippen molar-refractivity contribution < 1.29 is 13.6 Å². The van der Waals surface area contributed by atoms with Gasteiger partial charge in [-0.15, -0.1) is 0 Å². The Hall–Kier alpha value is -0.960. The number of benzene rings is 1. The van der Waals surface area contributed by atoms with Crippen molar-refractivity contribution in [1.29, 1.82) is 0 Å². The second kappa shape index (κ2) is 5.79. The molecule has 98 valence electrons. The van der Waals surface area contributed by atoms with Gasteiger partial charge in [-0.05, 0) is 24.5 Å². The minimum absolute atomic E-state index is 0.0763. The number of rotatable bonds is 4. The molecule has 0 spiro atoms. The van der Waals surface area contributed by atoms with E-state index in [2.05, 4.69) is 0 Å². The molecule has 2 rings (SSSR count). The van der Waals surface area contributed by atoms with Crippen molar-refractivity contribution in [3.63, 3.8) is 0 Å². The molecule has 0 saturated heterocycles. The zero-order valence-electron chi connectivity index (χ0n) is 10.0. The predicted octanol–water partition coefficient (Wildman–Crippen LogP) is 4.77. The summed E-state index contributed by atoms with van der Waals surface area (Å²) in [6.45, 7) is 0. The highest BCUT2D eigenvalue weighted by molar-refractivity contribution is 6.31. The summed E-state index contributed by atoms with van der Waals surface area (Å²) in [5, 5.41) is -0.553. The van der Waals surface area contributed by atoms with E-state index in [0.717, 1.165) is 31.4 Å². The van der Waals surface area contributed by atoms with Gasteiger partial charge in [0.25, 0.3) is 0 Å². The molecule has 18 heavy (non-hydrogen) atoms. The molecule has 1 aromatic rings. The summed E-state index contributed by atoms with van der Waals surface area (Å²) in [6, 6.07) is 2.03. The first-order chi connectivity index (χ1) is 8.58. The minimum Gasteiger partial charge on any atom is -0.294 e. The molecule has 0 unspecified atom stereocenters. The average molecular weight is 273 g/mol. The number of hydrogen-bond acceptors (Lipinski definition) is 1. The van der Waals surface area contributed by atoms with Crippen LogP contribution < -0.4 is 0 Å². The molecule has 0 atom stereocenters. The fourth-order valence-corrected chi connectivity index (χ4v) is 2.60. The Bertz CT molecular complexity index is 430. The Kier molecular flexibility index (Phi) is 4.33. The summed E-state index contributed by atoms with van der Waals surface area (Å²) >= 11 is 5.37. The van der Waals surface area contributed by atoms with Crippen LogP contribution in [-0.4, -0.2) is 5.78 Å². The molecule has 1 aromatic carbocycles. The number of halogens is 3. The van der Waals surface area contributed by atoms with Gasteiger partial charge in [0.1, 0.15) is 16.7 Å². The van der Waals surface area contributed by atoms with Gasteiger partial charge < -0.3 is 0 Å². The molecule has 4 heteroatoms. The fourth-order valence-electron chi connectivity index (χ4n) is 2.50. The van der Waals surface area contributed by atoms with Crippen molar-refractivity contribution in [1.82, 2.24) is 0 Å². The topological polar surface area (TPSA) is 17.1 Å². The fraction of sp³-hybridized carbons (Fsp3) is 0.500. The van der Waals surface area contributed by atoms with E-state index in [0.29, 0.717) is 12.3 Å². The maximum Gasteiger partial charge on any atom is 0.163 e. The largest absolute Gasteiger partial charge is 0.294 e. The smallest absolute Gasteiger partial charge is 0.163 e. The second-order valence-electron chi connectivity index (χ2n) is 4.87. The molecule has 0 bridgehead atoms. The van der Waals surface area contributed by atoms with Crippen LogP contribution in [0.2, 0.25) is 5.02 Å². The van der Waals surface area contributed by atoms with E-state index in [1.807, 2.05) is 0 Å². The van der Waals surface area contributed by atoms with Crippen LogP contribution in [0.15, 0.2) is 12.1 Å². The normalized spacial score (nSPS) is 16.2. The van der Waals surface area contributed by atoms with Gasteiger partial charge in [-0.2, -0.15) is 0 Å². The van der Waals surface area contributed by atoms with E-state index in [9.17, 15) is 13.6 Å². The Labute approximate surface area is 110 Å². The van der Waals surface area contributed by atoms with Gasteiger partial charge in [-0.3, -0.25) is 4.79 Å². The highest BCUT2D eigenvalue weighted by atomic mass is 35.5. The van der Waals surface area contributed by atoms with Gasteiger partial charge in [0.2, 0.25) is 0 Å². The van der Waals surface area contributed by atoms with Crippen molar-refractivity contribution in [2.24, 2.45) is 5.92 Å². The third-order valence-electron chi connectivity index (χ3n) is 3.56. The molecular weight excluding hydrogens is 258 g/mol. The summed E-state index contributed by atoms with van der Waals surface area (Å²) in [7, 11) is 0. The van der Waals surface area contributed by atoms with Crippen molar-refractivity contribution >= 4 is 17.4 Å². The molecule has 1 aliphatic carbocycles. The van der Waals surface area contributed by atoms with Crippen molar-refractivity contribution in [2.45, 2.75) is 38.5 Å². The first-order valence-electron chi connectivity index (χ1n) is 6.25. The van der Waals surface area contributed by atoms with Gasteiger partial charge in [0.15, 0.2) is 5.78 Å². The molecule has 0 aromatic heterocycles. The lowest BCUT2D eigenvalue weighted by Crippen LogP contribution is -2.04. The van der Waals surface area contributed by atoms with Crippen LogP contribution in [0.25, 0.3) is 0 Å². The molecule has 0 heterocycles. The van der Waals surface area contributed by atoms with E-state index in [1.54, 1.807) is 0 Å². The van der Waals surface area contributed by atoms with Crippen LogP contribution in [0.3, 0.4) is 0 Å². The summed E-state index contributed by atoms with van der Waals surface area (Å²) in [5.74, 6) is -1.37. The van der Waals surface area contributed by atoms with Crippen molar-refractivity contribution in [2.75, 3.05) is 0 Å². The molecule has 0 N–H and O–H groups in total. The standard InChI is InChI=1S/C14H15ClF2O/c15-14-11(16)7-10(8-12(14)17)13(18)6-5-9-3-1-2-4-9/h7-9H,1-6H2. The van der Waals surface area contributed by atoms with Crippen LogP contribution in [0, 0.1) is 17.6 Å². The van der Waals surface area contributed by atoms with Crippen LogP contribution in [-0.2, 0) is 0 Å². The van der Waals surface area contributed by atoms with E-state index in [-0.39, 0.29) is 11.3 Å². The first kappa shape index (κ1) is 13.5. The number of carbonyl (C=O) groups excluding carboxylic acids is 1. The third-order valence-corrected chi connectivity index (χ3v) is 3.92. The highest BCUT2D eigenvalue weighted by Crippen LogP contribution is 2.29. The van der Waals surface area contributed by atoms with Crippen LogP contribution in [0.1, 0.15) is 48.9 Å². The monoisotopic (exact) mass is 272 g/mol. The summed E-state index contributed by atoms with van der Waals surface area (Å²) < 4.78 is 26.4. The van der Waals surface area contributed by atoms with Gasteiger partial charge in [-0.25, -0.2) is 8.78 Å². The zero-order chi connectivity index (χ0) is 13.1. The Morgan fingerprint density at radius 2 is 1.78 bits per heavy atom. The molecular formula is C14H15ClF2O. The van der Waals surface area contributed by atoms with Gasteiger partial charge in [0, 0.05) is 12.0 Å². The number of Topliss-reactive ketones (excluding diaryl/α,β-unsaturated/α-hetero) is 1. The Balaban J connectivity index is 2.00.